The van der Waals surface area contributed by atoms with Crippen LogP contribution in [0.25, 0.3) is 0 Å². The van der Waals surface area contributed by atoms with E-state index in [0.717, 1.165) is 30.6 Å². The van der Waals surface area contributed by atoms with E-state index in [4.69, 9.17) is 21.1 Å². The molecule has 0 aromatic heterocycles. The molecular weight excluding hydrogens is 350 g/mol. The predicted molar refractivity (Wildman–Crippen MR) is 103 cm³/mol. The highest BCUT2D eigenvalue weighted by atomic mass is 35.5. The molecule has 1 aliphatic heterocycles. The number of ether oxygens (including phenoxy) is 2. The molecule has 138 valence electrons. The van der Waals surface area contributed by atoms with Crippen molar-refractivity contribution in [1.29, 1.82) is 0 Å². The van der Waals surface area contributed by atoms with E-state index in [0.29, 0.717) is 10.8 Å². The number of para-hydroxylation sites is 2. The lowest BCUT2D eigenvalue weighted by atomic mass is 9.83. The fourth-order valence-electron chi connectivity index (χ4n) is 3.37. The van der Waals surface area contributed by atoms with Crippen LogP contribution >= 0.6 is 11.6 Å². The minimum atomic E-state index is -0.254. The average Bonchev–Trinajstić information content (AvgIpc) is 2.67. The van der Waals surface area contributed by atoms with Crippen molar-refractivity contribution in [2.24, 2.45) is 0 Å². The SMILES string of the molecule is CCC1(CC)C[C@H](NC(=O)COc2ccccc2Cl)c2ccccc2O1. The summed E-state index contributed by atoms with van der Waals surface area (Å²) in [6, 6.07) is 14.9. The molecule has 0 fully saturated rings. The molecule has 0 unspecified atom stereocenters. The van der Waals surface area contributed by atoms with Crippen LogP contribution in [-0.2, 0) is 4.79 Å². The maximum Gasteiger partial charge on any atom is 0.258 e. The first-order valence-electron chi connectivity index (χ1n) is 9.01. The highest BCUT2D eigenvalue weighted by Crippen LogP contribution is 2.42. The first-order valence-corrected chi connectivity index (χ1v) is 9.39. The summed E-state index contributed by atoms with van der Waals surface area (Å²) >= 11 is 6.07. The van der Waals surface area contributed by atoms with E-state index >= 15 is 0 Å². The quantitative estimate of drug-likeness (QED) is 0.781. The Bertz CT molecular complexity index is 773. The zero-order valence-corrected chi connectivity index (χ0v) is 15.9. The van der Waals surface area contributed by atoms with Gasteiger partial charge in [0.1, 0.15) is 17.1 Å². The second kappa shape index (κ2) is 8.00. The highest BCUT2D eigenvalue weighted by Gasteiger charge is 2.38. The number of hydrogen-bond acceptors (Lipinski definition) is 3. The molecule has 0 radical (unpaired) electrons. The molecule has 0 saturated heterocycles. The van der Waals surface area contributed by atoms with Crippen LogP contribution in [0.15, 0.2) is 48.5 Å². The van der Waals surface area contributed by atoms with Crippen LogP contribution in [0.4, 0.5) is 0 Å². The maximum absolute atomic E-state index is 12.5. The van der Waals surface area contributed by atoms with Crippen LogP contribution in [0.3, 0.4) is 0 Å². The number of carbonyl (C=O) groups excluding carboxylic acids is 1. The molecule has 3 rings (SSSR count). The summed E-state index contributed by atoms with van der Waals surface area (Å²) in [5.74, 6) is 1.18. The molecule has 0 saturated carbocycles. The third-order valence-electron chi connectivity index (χ3n) is 5.02. The van der Waals surface area contributed by atoms with Gasteiger partial charge in [-0.3, -0.25) is 4.79 Å². The monoisotopic (exact) mass is 373 g/mol. The Labute approximate surface area is 159 Å². The van der Waals surface area contributed by atoms with E-state index in [1.165, 1.54) is 0 Å². The van der Waals surface area contributed by atoms with E-state index in [1.807, 2.05) is 36.4 Å². The molecule has 1 N–H and O–H groups in total. The van der Waals surface area contributed by atoms with Gasteiger partial charge in [-0.15, -0.1) is 0 Å². The van der Waals surface area contributed by atoms with E-state index in [-0.39, 0.29) is 24.2 Å². The minimum Gasteiger partial charge on any atom is -0.487 e. The molecule has 0 bridgehead atoms. The van der Waals surface area contributed by atoms with E-state index < -0.39 is 0 Å². The Balaban J connectivity index is 1.71. The lowest BCUT2D eigenvalue weighted by Gasteiger charge is -2.41. The molecule has 0 aliphatic carbocycles. The summed E-state index contributed by atoms with van der Waals surface area (Å²) in [6.45, 7) is 4.17. The number of nitrogens with one attached hydrogen (secondary N) is 1. The molecule has 1 amide bonds. The zero-order valence-electron chi connectivity index (χ0n) is 15.1. The molecule has 2 aromatic carbocycles. The van der Waals surface area contributed by atoms with Gasteiger partial charge in [-0.05, 0) is 31.0 Å². The van der Waals surface area contributed by atoms with Gasteiger partial charge in [0.15, 0.2) is 6.61 Å². The first-order chi connectivity index (χ1) is 12.6. The van der Waals surface area contributed by atoms with Crippen LogP contribution < -0.4 is 14.8 Å². The van der Waals surface area contributed by atoms with Crippen molar-refractivity contribution in [1.82, 2.24) is 5.32 Å². The van der Waals surface area contributed by atoms with Gasteiger partial charge in [-0.1, -0.05) is 55.8 Å². The second-order valence-corrected chi connectivity index (χ2v) is 6.98. The van der Waals surface area contributed by atoms with Crippen LogP contribution in [0.2, 0.25) is 5.02 Å². The topological polar surface area (TPSA) is 47.6 Å². The summed E-state index contributed by atoms with van der Waals surface area (Å²) in [6.07, 6.45) is 2.52. The van der Waals surface area contributed by atoms with Gasteiger partial charge >= 0.3 is 0 Å². The smallest absolute Gasteiger partial charge is 0.258 e. The Morgan fingerprint density at radius 3 is 2.62 bits per heavy atom. The molecular formula is C21H24ClNO3. The van der Waals surface area contributed by atoms with Crippen LogP contribution in [0.5, 0.6) is 11.5 Å². The van der Waals surface area contributed by atoms with Gasteiger partial charge in [-0.2, -0.15) is 0 Å². The standard InChI is InChI=1S/C21H24ClNO3/c1-3-21(4-2)13-17(15-9-5-7-11-18(15)26-21)23-20(24)14-25-19-12-8-6-10-16(19)22/h5-12,17H,3-4,13-14H2,1-2H3,(H,23,24)/t17-/m0/s1. The number of fused-ring (bicyclic) bond motifs is 1. The highest BCUT2D eigenvalue weighted by molar-refractivity contribution is 6.32. The van der Waals surface area contributed by atoms with Crippen molar-refractivity contribution in [2.75, 3.05) is 6.61 Å². The van der Waals surface area contributed by atoms with Gasteiger partial charge in [0.2, 0.25) is 0 Å². The average molecular weight is 374 g/mol. The molecule has 1 aliphatic rings. The van der Waals surface area contributed by atoms with E-state index in [2.05, 4.69) is 19.2 Å². The van der Waals surface area contributed by atoms with Crippen LogP contribution in [0, 0.1) is 0 Å². The van der Waals surface area contributed by atoms with Crippen molar-refractivity contribution in [3.8, 4) is 11.5 Å². The van der Waals surface area contributed by atoms with Crippen molar-refractivity contribution in [2.45, 2.75) is 44.8 Å². The molecule has 1 atom stereocenters. The number of benzene rings is 2. The Hall–Kier alpha value is -2.20. The summed E-state index contributed by atoms with van der Waals surface area (Å²) in [7, 11) is 0. The van der Waals surface area contributed by atoms with Crippen LogP contribution in [0.1, 0.15) is 44.7 Å². The number of amides is 1. The molecule has 26 heavy (non-hydrogen) atoms. The Morgan fingerprint density at radius 1 is 1.19 bits per heavy atom. The van der Waals surface area contributed by atoms with E-state index in [9.17, 15) is 4.79 Å². The molecule has 2 aromatic rings. The number of carbonyl (C=O) groups is 1. The van der Waals surface area contributed by atoms with Gasteiger partial charge in [-0.25, -0.2) is 0 Å². The largest absolute Gasteiger partial charge is 0.487 e. The van der Waals surface area contributed by atoms with Crippen LogP contribution in [-0.4, -0.2) is 18.1 Å². The van der Waals surface area contributed by atoms with Gasteiger partial charge in [0.25, 0.3) is 5.91 Å². The van der Waals surface area contributed by atoms with Crippen molar-refractivity contribution in [3.05, 3.63) is 59.1 Å². The first kappa shape index (κ1) is 18.6. The third-order valence-corrected chi connectivity index (χ3v) is 5.33. The normalized spacial score (nSPS) is 17.7. The third kappa shape index (κ3) is 3.96. The molecule has 4 nitrogen and oxygen atoms in total. The summed E-state index contributed by atoms with van der Waals surface area (Å²) < 4.78 is 11.8. The lowest BCUT2D eigenvalue weighted by Crippen LogP contribution is -2.45. The molecule has 1 heterocycles. The summed E-state index contributed by atoms with van der Waals surface area (Å²) in [4.78, 5) is 12.5. The van der Waals surface area contributed by atoms with Gasteiger partial charge in [0, 0.05) is 12.0 Å². The molecule has 0 spiro atoms. The molecule has 5 heteroatoms. The van der Waals surface area contributed by atoms with Crippen molar-refractivity contribution >= 4 is 17.5 Å². The van der Waals surface area contributed by atoms with Gasteiger partial charge in [0.05, 0.1) is 11.1 Å². The number of hydrogen-bond donors (Lipinski definition) is 1. The zero-order chi connectivity index (χ0) is 18.6. The Morgan fingerprint density at radius 2 is 1.88 bits per heavy atom. The number of rotatable bonds is 6. The maximum atomic E-state index is 12.5. The van der Waals surface area contributed by atoms with Gasteiger partial charge < -0.3 is 14.8 Å². The minimum absolute atomic E-state index is 0.0749. The lowest BCUT2D eigenvalue weighted by molar-refractivity contribution is -0.124. The predicted octanol–water partition coefficient (Wildman–Crippen LogP) is 4.92. The van der Waals surface area contributed by atoms with E-state index in [1.54, 1.807) is 12.1 Å². The van der Waals surface area contributed by atoms with Crippen molar-refractivity contribution in [3.63, 3.8) is 0 Å². The summed E-state index contributed by atoms with van der Waals surface area (Å²) in [5.41, 5.74) is 0.756. The Kier molecular flexibility index (Phi) is 5.72. The number of halogens is 1. The van der Waals surface area contributed by atoms with Crippen molar-refractivity contribution < 1.29 is 14.3 Å². The fourth-order valence-corrected chi connectivity index (χ4v) is 3.56. The summed E-state index contributed by atoms with van der Waals surface area (Å²) in [5, 5.41) is 3.59. The fraction of sp³-hybridized carbons (Fsp3) is 0.381. The second-order valence-electron chi connectivity index (χ2n) is 6.57.